The van der Waals surface area contributed by atoms with Gasteiger partial charge in [0.15, 0.2) is 0 Å². The van der Waals surface area contributed by atoms with Gasteiger partial charge >= 0.3 is 29.2 Å². The van der Waals surface area contributed by atoms with Crippen molar-refractivity contribution in [1.82, 2.24) is 0 Å². The molecule has 1 aromatic rings. The fourth-order valence-electron chi connectivity index (χ4n) is 0.576. The van der Waals surface area contributed by atoms with Crippen molar-refractivity contribution in [3.05, 3.63) is 42.8 Å². The van der Waals surface area contributed by atoms with Crippen molar-refractivity contribution in [1.29, 1.82) is 0 Å². The van der Waals surface area contributed by atoms with Gasteiger partial charge in [-0.25, -0.2) is 0 Å². The molecule has 0 aliphatic rings. The van der Waals surface area contributed by atoms with Crippen LogP contribution in [0.4, 0.5) is 13.2 Å². The Morgan fingerprint density at radius 3 is 1.77 bits per heavy atom. The van der Waals surface area contributed by atoms with E-state index in [0.717, 1.165) is 12.1 Å². The molecule has 0 saturated carbocycles. The molecule has 0 nitrogen and oxygen atoms in total. The predicted octanol–water partition coefficient (Wildman–Crippen LogP) is 2.97. The van der Waals surface area contributed by atoms with E-state index in [-0.39, 0.29) is 23.1 Å². The van der Waals surface area contributed by atoms with Crippen molar-refractivity contribution < 1.29 is 13.2 Å². The molecule has 13 heavy (non-hydrogen) atoms. The van der Waals surface area contributed by atoms with E-state index in [2.05, 4.69) is 13.0 Å². The normalized spacial score (nSPS) is 9.31. The fraction of sp³-hybridized carbons (Fsp3) is 0.222. The molecule has 68 valence electrons. The molecule has 0 aliphatic carbocycles. The van der Waals surface area contributed by atoms with Crippen LogP contribution in [0.2, 0.25) is 0 Å². The Morgan fingerprint density at radius 2 is 1.54 bits per heavy atom. The van der Waals surface area contributed by atoms with Crippen LogP contribution in [0.1, 0.15) is 12.5 Å². The van der Waals surface area contributed by atoms with Gasteiger partial charge in [0.2, 0.25) is 0 Å². The summed E-state index contributed by atoms with van der Waals surface area (Å²) in [6, 6.07) is 6.95. The van der Waals surface area contributed by atoms with Gasteiger partial charge in [-0.05, 0) is 0 Å². The number of hydrogen-bond acceptors (Lipinski definition) is 0. The van der Waals surface area contributed by atoms with Crippen molar-refractivity contribution in [2.75, 3.05) is 0 Å². The number of rotatable bonds is 0. The molecule has 4 heteroatoms. The minimum Gasteiger partial charge on any atom is -0.346 e. The minimum atomic E-state index is -4.23. The minimum absolute atomic E-state index is 0. The van der Waals surface area contributed by atoms with E-state index in [1.165, 1.54) is 12.1 Å². The summed E-state index contributed by atoms with van der Waals surface area (Å²) in [5.74, 6) is 0. The molecule has 0 aliphatic heterocycles. The maximum atomic E-state index is 11.8. The third-order valence-electron chi connectivity index (χ3n) is 1.05. The molecule has 0 radical (unpaired) electrons. The molecule has 1 aromatic carbocycles. The van der Waals surface area contributed by atoms with Gasteiger partial charge in [0.25, 0.3) is 0 Å². The van der Waals surface area contributed by atoms with Crippen LogP contribution in [0.15, 0.2) is 24.3 Å². The monoisotopic (exact) mass is 198 g/mol. The Labute approximate surface area is 92.3 Å². The van der Waals surface area contributed by atoms with E-state index in [1.54, 1.807) is 6.92 Å². The molecule has 0 aromatic heterocycles. The molecule has 0 fully saturated rings. The van der Waals surface area contributed by atoms with Gasteiger partial charge in [0.1, 0.15) is 0 Å². The summed E-state index contributed by atoms with van der Waals surface area (Å²) < 4.78 is 35.3. The van der Waals surface area contributed by atoms with Crippen molar-refractivity contribution >= 4 is 23.1 Å². The third kappa shape index (κ3) is 5.93. The van der Waals surface area contributed by atoms with E-state index >= 15 is 0 Å². The van der Waals surface area contributed by atoms with Crippen LogP contribution in [0.25, 0.3) is 0 Å². The van der Waals surface area contributed by atoms with Crippen molar-refractivity contribution in [2.45, 2.75) is 13.1 Å². The zero-order valence-corrected chi connectivity index (χ0v) is 8.77. The Morgan fingerprint density at radius 1 is 1.15 bits per heavy atom. The molecule has 0 N–H and O–H groups in total. The number of hydrogen-bond donors (Lipinski definition) is 0. The average Bonchev–Trinajstić information content (AvgIpc) is 2.08. The Hall–Kier alpha value is -0.224. The molecule has 0 saturated heterocycles. The largest absolute Gasteiger partial charge is 2.00 e. The number of alkyl halides is 3. The zero-order chi connectivity index (χ0) is 9.61. The number of benzene rings is 1. The fourth-order valence-corrected chi connectivity index (χ4v) is 0.576. The Balaban J connectivity index is 0. The molecular weight excluding hydrogens is 189 g/mol. The van der Waals surface area contributed by atoms with E-state index in [0.29, 0.717) is 0 Å². The smallest absolute Gasteiger partial charge is 0.346 e. The average molecular weight is 198 g/mol. The van der Waals surface area contributed by atoms with Crippen LogP contribution in [-0.4, -0.2) is 23.1 Å². The first kappa shape index (κ1) is 15.3. The van der Waals surface area contributed by atoms with Crippen LogP contribution in [-0.2, 0) is 6.18 Å². The van der Waals surface area contributed by atoms with Gasteiger partial charge in [-0.2, -0.15) is 50.4 Å². The Kier molecular flexibility index (Phi) is 8.46. The Bertz CT molecular complexity index is 206. The summed E-state index contributed by atoms with van der Waals surface area (Å²) in [5.41, 5.74) is -0.633. The van der Waals surface area contributed by atoms with E-state index in [9.17, 15) is 13.2 Å². The van der Waals surface area contributed by atoms with Gasteiger partial charge in [-0.15, -0.1) is 0 Å². The van der Waals surface area contributed by atoms with Crippen LogP contribution in [0.3, 0.4) is 0 Å². The van der Waals surface area contributed by atoms with Gasteiger partial charge in [0.05, 0.1) is 0 Å². The first-order chi connectivity index (χ1) is 5.61. The van der Waals surface area contributed by atoms with E-state index < -0.39 is 11.7 Å². The summed E-state index contributed by atoms with van der Waals surface area (Å²) in [5, 5.41) is 0. The number of halogens is 3. The molecule has 0 bridgehead atoms. The maximum Gasteiger partial charge on any atom is 2.00 e. The van der Waals surface area contributed by atoms with Crippen molar-refractivity contribution in [2.24, 2.45) is 0 Å². The van der Waals surface area contributed by atoms with E-state index in [4.69, 9.17) is 0 Å². The molecule has 0 atom stereocenters. The second-order valence-electron chi connectivity index (χ2n) is 1.79. The van der Waals surface area contributed by atoms with Crippen LogP contribution in [0, 0.1) is 13.0 Å². The van der Waals surface area contributed by atoms with E-state index in [1.807, 2.05) is 0 Å². The first-order valence-electron chi connectivity index (χ1n) is 3.35. The SMILES string of the molecule is FC(F)(F)c1cc[c-]cc1.[CH2-]C.[Mg+2]. The van der Waals surface area contributed by atoms with Crippen LogP contribution in [0.5, 0.6) is 0 Å². The molecular formula is C9H9F3Mg. The quantitative estimate of drug-likeness (QED) is 0.444. The zero-order valence-electron chi connectivity index (χ0n) is 7.36. The van der Waals surface area contributed by atoms with Gasteiger partial charge < -0.3 is 6.92 Å². The summed E-state index contributed by atoms with van der Waals surface area (Å²) in [6.07, 6.45) is -4.23. The molecule has 1 rings (SSSR count). The molecule has 0 spiro atoms. The third-order valence-corrected chi connectivity index (χ3v) is 1.05. The maximum absolute atomic E-state index is 11.8. The van der Waals surface area contributed by atoms with Crippen molar-refractivity contribution in [3.63, 3.8) is 0 Å². The molecule has 0 heterocycles. The molecule has 0 unspecified atom stereocenters. The van der Waals surface area contributed by atoms with Gasteiger partial charge in [0, 0.05) is 0 Å². The van der Waals surface area contributed by atoms with Gasteiger partial charge in [-0.3, -0.25) is 0 Å². The summed E-state index contributed by atoms with van der Waals surface area (Å²) in [7, 11) is 0. The standard InChI is InChI=1S/C7H4F3.C2H5.Mg/c8-7(9,10)6-4-2-1-3-5-6;1-2;/h2-5H;1H2,2H3;/q2*-1;+2. The summed E-state index contributed by atoms with van der Waals surface area (Å²) in [4.78, 5) is 0. The van der Waals surface area contributed by atoms with Crippen LogP contribution < -0.4 is 0 Å². The predicted molar refractivity (Wildman–Crippen MR) is 47.1 cm³/mol. The van der Waals surface area contributed by atoms with Crippen LogP contribution >= 0.6 is 0 Å². The molecule has 0 amide bonds. The topological polar surface area (TPSA) is 0 Å². The summed E-state index contributed by atoms with van der Waals surface area (Å²) >= 11 is 0. The first-order valence-corrected chi connectivity index (χ1v) is 3.35. The second-order valence-corrected chi connectivity index (χ2v) is 1.79. The van der Waals surface area contributed by atoms with Crippen molar-refractivity contribution in [3.8, 4) is 0 Å². The van der Waals surface area contributed by atoms with Gasteiger partial charge in [-0.1, -0.05) is 5.56 Å². The summed E-state index contributed by atoms with van der Waals surface area (Å²) in [6.45, 7) is 5.00. The second kappa shape index (κ2) is 7.21.